The van der Waals surface area contributed by atoms with E-state index < -0.39 is 0 Å². The third-order valence-corrected chi connectivity index (χ3v) is 3.37. The lowest BCUT2D eigenvalue weighted by molar-refractivity contribution is 0.244. The van der Waals surface area contributed by atoms with E-state index in [1.807, 2.05) is 13.1 Å². The van der Waals surface area contributed by atoms with Crippen molar-refractivity contribution in [2.75, 3.05) is 42.7 Å². The fourth-order valence-electron chi connectivity index (χ4n) is 2.43. The van der Waals surface area contributed by atoms with Crippen LogP contribution in [0.5, 0.6) is 0 Å². The first-order chi connectivity index (χ1) is 8.72. The minimum Gasteiger partial charge on any atom is -0.396 e. The number of anilines is 3. The Morgan fingerprint density at radius 2 is 2.39 bits per heavy atom. The number of nitrogens with zero attached hydrogens (tertiary/aromatic N) is 3. The highest BCUT2D eigenvalue weighted by Crippen LogP contribution is 2.25. The summed E-state index contributed by atoms with van der Waals surface area (Å²) in [6, 6.07) is 1.91. The number of hydrogen-bond acceptors (Lipinski definition) is 6. The normalized spacial score (nSPS) is 19.9. The Morgan fingerprint density at radius 3 is 3.11 bits per heavy atom. The summed E-state index contributed by atoms with van der Waals surface area (Å²) in [5.41, 5.74) is 5.71. The van der Waals surface area contributed by atoms with E-state index in [0.29, 0.717) is 11.9 Å². The van der Waals surface area contributed by atoms with Crippen molar-refractivity contribution in [2.45, 2.75) is 19.3 Å². The van der Waals surface area contributed by atoms with Gasteiger partial charge in [0, 0.05) is 32.8 Å². The average Bonchev–Trinajstić information content (AvgIpc) is 2.39. The van der Waals surface area contributed by atoms with Crippen molar-refractivity contribution >= 4 is 17.6 Å². The third-order valence-electron chi connectivity index (χ3n) is 3.37. The summed E-state index contributed by atoms with van der Waals surface area (Å²) >= 11 is 0. The van der Waals surface area contributed by atoms with Gasteiger partial charge < -0.3 is 21.1 Å². The Labute approximate surface area is 107 Å². The quantitative estimate of drug-likeness (QED) is 0.730. The first-order valence-corrected chi connectivity index (χ1v) is 6.41. The van der Waals surface area contributed by atoms with Crippen LogP contribution in [0.2, 0.25) is 0 Å². The molecule has 100 valence electrons. The molecule has 4 N–H and O–H groups in total. The maximum Gasteiger partial charge on any atom is 0.223 e. The Morgan fingerprint density at radius 1 is 1.56 bits per heavy atom. The van der Waals surface area contributed by atoms with Crippen LogP contribution in [0.1, 0.15) is 19.3 Å². The van der Waals surface area contributed by atoms with Gasteiger partial charge in [0.25, 0.3) is 0 Å². The summed E-state index contributed by atoms with van der Waals surface area (Å²) in [4.78, 5) is 10.6. The summed E-state index contributed by atoms with van der Waals surface area (Å²) in [6.07, 6.45) is 3.16. The molecule has 1 saturated heterocycles. The molecule has 1 aliphatic heterocycles. The average molecular weight is 251 g/mol. The van der Waals surface area contributed by atoms with E-state index in [1.165, 1.54) is 6.42 Å². The molecule has 0 aromatic carbocycles. The molecule has 0 amide bonds. The van der Waals surface area contributed by atoms with E-state index >= 15 is 0 Å². The van der Waals surface area contributed by atoms with Gasteiger partial charge in [0.2, 0.25) is 5.95 Å². The Hall–Kier alpha value is -1.56. The molecule has 0 radical (unpaired) electrons. The SMILES string of the molecule is CNc1cc(N2CCCC(CCO)C2)nc(N)n1. The fraction of sp³-hybridized carbons (Fsp3) is 0.667. The molecule has 0 saturated carbocycles. The van der Waals surface area contributed by atoms with Crippen molar-refractivity contribution in [3.8, 4) is 0 Å². The number of aromatic nitrogens is 2. The second-order valence-electron chi connectivity index (χ2n) is 4.69. The van der Waals surface area contributed by atoms with Gasteiger partial charge in [-0.3, -0.25) is 0 Å². The predicted octanol–water partition coefficient (Wildman–Crippen LogP) is 0.699. The zero-order valence-corrected chi connectivity index (χ0v) is 10.8. The monoisotopic (exact) mass is 251 g/mol. The highest BCUT2D eigenvalue weighted by atomic mass is 16.3. The van der Waals surface area contributed by atoms with Crippen LogP contribution < -0.4 is 16.0 Å². The van der Waals surface area contributed by atoms with Crippen LogP contribution in [0.4, 0.5) is 17.6 Å². The minimum atomic E-state index is 0.256. The van der Waals surface area contributed by atoms with Crippen molar-refractivity contribution in [2.24, 2.45) is 5.92 Å². The largest absolute Gasteiger partial charge is 0.396 e. The minimum absolute atomic E-state index is 0.256. The summed E-state index contributed by atoms with van der Waals surface area (Å²) in [5, 5.41) is 12.0. The molecule has 6 heteroatoms. The summed E-state index contributed by atoms with van der Waals surface area (Å²) < 4.78 is 0. The van der Waals surface area contributed by atoms with Crippen LogP contribution in [-0.4, -0.2) is 41.8 Å². The van der Waals surface area contributed by atoms with Crippen molar-refractivity contribution in [1.82, 2.24) is 9.97 Å². The highest BCUT2D eigenvalue weighted by Gasteiger charge is 2.21. The number of nitrogen functional groups attached to an aromatic ring is 1. The first-order valence-electron chi connectivity index (χ1n) is 6.41. The van der Waals surface area contributed by atoms with E-state index in [-0.39, 0.29) is 6.61 Å². The van der Waals surface area contributed by atoms with Crippen molar-refractivity contribution in [3.05, 3.63) is 6.07 Å². The molecule has 1 atom stereocenters. The van der Waals surface area contributed by atoms with Crippen LogP contribution in [0.25, 0.3) is 0 Å². The number of hydrogen-bond donors (Lipinski definition) is 3. The van der Waals surface area contributed by atoms with Crippen LogP contribution in [0.3, 0.4) is 0 Å². The summed E-state index contributed by atoms with van der Waals surface area (Å²) in [6.45, 7) is 2.17. The molecular formula is C12H21N5O. The number of aliphatic hydroxyl groups is 1. The second-order valence-corrected chi connectivity index (χ2v) is 4.69. The van der Waals surface area contributed by atoms with E-state index in [4.69, 9.17) is 10.8 Å². The number of rotatable bonds is 4. The van der Waals surface area contributed by atoms with E-state index in [0.717, 1.165) is 37.6 Å². The van der Waals surface area contributed by atoms with Crippen LogP contribution in [0.15, 0.2) is 6.07 Å². The number of piperidine rings is 1. The van der Waals surface area contributed by atoms with Gasteiger partial charge in [0.1, 0.15) is 11.6 Å². The lowest BCUT2D eigenvalue weighted by Crippen LogP contribution is -2.36. The molecule has 0 aliphatic carbocycles. The molecule has 6 nitrogen and oxygen atoms in total. The number of nitrogens with two attached hydrogens (primary N) is 1. The molecule has 0 spiro atoms. The number of nitrogens with one attached hydrogen (secondary N) is 1. The van der Waals surface area contributed by atoms with Gasteiger partial charge in [-0.1, -0.05) is 0 Å². The van der Waals surface area contributed by atoms with Gasteiger partial charge in [0.05, 0.1) is 0 Å². The molecule has 1 unspecified atom stereocenters. The van der Waals surface area contributed by atoms with Gasteiger partial charge in [-0.2, -0.15) is 9.97 Å². The lowest BCUT2D eigenvalue weighted by Gasteiger charge is -2.33. The van der Waals surface area contributed by atoms with Crippen LogP contribution >= 0.6 is 0 Å². The summed E-state index contributed by atoms with van der Waals surface area (Å²) in [7, 11) is 1.82. The zero-order valence-electron chi connectivity index (χ0n) is 10.8. The molecule has 1 aromatic heterocycles. The highest BCUT2D eigenvalue weighted by molar-refractivity contribution is 5.52. The Kier molecular flexibility index (Phi) is 4.19. The van der Waals surface area contributed by atoms with Gasteiger partial charge in [-0.15, -0.1) is 0 Å². The standard InChI is InChI=1S/C12H21N5O/c1-14-10-7-11(16-12(13)15-10)17-5-2-3-9(8-17)4-6-18/h7,9,18H,2-6,8H2,1H3,(H3,13,14,15,16). The Bertz CT molecular complexity index is 396. The van der Waals surface area contributed by atoms with Crippen molar-refractivity contribution in [3.63, 3.8) is 0 Å². The van der Waals surface area contributed by atoms with Crippen LogP contribution in [-0.2, 0) is 0 Å². The maximum absolute atomic E-state index is 9.03. The smallest absolute Gasteiger partial charge is 0.223 e. The third kappa shape index (κ3) is 3.01. The molecule has 1 aromatic rings. The van der Waals surface area contributed by atoms with E-state index in [9.17, 15) is 0 Å². The molecule has 1 fully saturated rings. The Balaban J connectivity index is 2.12. The first kappa shape index (κ1) is 12.9. The number of aliphatic hydroxyl groups excluding tert-OH is 1. The summed E-state index contributed by atoms with van der Waals surface area (Å²) in [5.74, 6) is 2.44. The fourth-order valence-corrected chi connectivity index (χ4v) is 2.43. The van der Waals surface area contributed by atoms with Gasteiger partial charge in [-0.05, 0) is 25.2 Å². The van der Waals surface area contributed by atoms with Gasteiger partial charge in [-0.25, -0.2) is 0 Å². The van der Waals surface area contributed by atoms with Gasteiger partial charge in [0.15, 0.2) is 0 Å². The molecule has 18 heavy (non-hydrogen) atoms. The topological polar surface area (TPSA) is 87.3 Å². The van der Waals surface area contributed by atoms with Crippen molar-refractivity contribution in [1.29, 1.82) is 0 Å². The predicted molar refractivity (Wildman–Crippen MR) is 72.6 cm³/mol. The van der Waals surface area contributed by atoms with Gasteiger partial charge >= 0.3 is 0 Å². The van der Waals surface area contributed by atoms with E-state index in [2.05, 4.69) is 20.2 Å². The van der Waals surface area contributed by atoms with Crippen molar-refractivity contribution < 1.29 is 5.11 Å². The molecule has 0 bridgehead atoms. The molecule has 2 rings (SSSR count). The second kappa shape index (κ2) is 5.86. The molecule has 1 aliphatic rings. The molecular weight excluding hydrogens is 230 g/mol. The maximum atomic E-state index is 9.03. The molecule has 2 heterocycles. The lowest BCUT2D eigenvalue weighted by atomic mass is 9.95. The zero-order chi connectivity index (χ0) is 13.0. The van der Waals surface area contributed by atoms with E-state index in [1.54, 1.807) is 0 Å². The van der Waals surface area contributed by atoms with Crippen LogP contribution in [0, 0.1) is 5.92 Å².